The lowest BCUT2D eigenvalue weighted by atomic mass is 10.0. The molecule has 0 saturated heterocycles. The second-order valence-corrected chi connectivity index (χ2v) is 19.8. The number of benzene rings is 5. The first-order valence-corrected chi connectivity index (χ1v) is 24.0. The maximum Gasteiger partial charge on any atom is 0.293 e. The van der Waals surface area contributed by atoms with Crippen molar-refractivity contribution in [2.24, 2.45) is 13.0 Å². The molecule has 0 radical (unpaired) electrons. The first-order chi connectivity index (χ1) is 33.7. The molecule has 1 unspecified atom stereocenters. The summed E-state index contributed by atoms with van der Waals surface area (Å²) in [5.74, 6) is -9.36. The molecule has 0 spiro atoms. The van der Waals surface area contributed by atoms with Crippen molar-refractivity contribution in [3.63, 3.8) is 0 Å². The van der Waals surface area contributed by atoms with E-state index in [2.05, 4.69) is 15.5 Å². The van der Waals surface area contributed by atoms with Crippen LogP contribution in [0.5, 0.6) is 5.75 Å². The number of hydrogen-bond donors (Lipinski definition) is 1. The van der Waals surface area contributed by atoms with Crippen LogP contribution in [0.3, 0.4) is 0 Å². The van der Waals surface area contributed by atoms with Gasteiger partial charge in [-0.3, -0.25) is 23.5 Å². The number of carbonyl (C=O) groups excluding carboxylic acids is 1. The Bertz CT molecular complexity index is 3640. The molecule has 1 N–H and O–H groups in total. The Morgan fingerprint density at radius 2 is 1.68 bits per heavy atom. The number of nitrogens with one attached hydrogen (secondary N) is 1. The normalized spacial score (nSPS) is 16.3. The molecule has 1 saturated carbocycles. The van der Waals surface area contributed by atoms with E-state index in [9.17, 15) is 30.8 Å². The van der Waals surface area contributed by atoms with E-state index < -0.39 is 93.5 Å². The Labute approximate surface area is 404 Å². The Balaban J connectivity index is 1.18. The lowest BCUT2D eigenvalue weighted by Gasteiger charge is -2.24. The van der Waals surface area contributed by atoms with Crippen LogP contribution in [0.1, 0.15) is 58.7 Å². The molecule has 8 aromatic rings. The number of rotatable bonds is 14. The molecule has 2 aliphatic rings. The highest BCUT2D eigenvalue weighted by Crippen LogP contribution is 2.68. The number of hydrogen-bond acceptors (Lipinski definition) is 8. The summed E-state index contributed by atoms with van der Waals surface area (Å²) in [4.78, 5) is 34.5. The van der Waals surface area contributed by atoms with Crippen LogP contribution in [0, 0.1) is 23.4 Å². The van der Waals surface area contributed by atoms with Crippen LogP contribution in [0.4, 0.5) is 36.6 Å². The number of nitrogens with zero attached hydrogens (tertiary/aromatic N) is 7. The number of ether oxygens (including phenoxy) is 1. The molecule has 3 atom stereocenters. The van der Waals surface area contributed by atoms with Gasteiger partial charge in [-0.15, -0.1) is 0 Å². The third-order valence-corrected chi connectivity index (χ3v) is 14.2. The zero-order valence-corrected chi connectivity index (χ0v) is 39.1. The molecular weight excluding hydrogens is 981 g/mol. The molecule has 10 rings (SSSR count). The van der Waals surface area contributed by atoms with Crippen LogP contribution in [0.25, 0.3) is 38.6 Å². The summed E-state index contributed by atoms with van der Waals surface area (Å²) >= 11 is 6.91. The highest BCUT2D eigenvalue weighted by Gasteiger charge is 2.67. The average molecular weight is 1020 g/mol. The van der Waals surface area contributed by atoms with E-state index in [-0.39, 0.29) is 79.4 Å². The van der Waals surface area contributed by atoms with Crippen molar-refractivity contribution in [3.05, 3.63) is 164 Å². The smallest absolute Gasteiger partial charge is 0.293 e. The van der Waals surface area contributed by atoms with Gasteiger partial charge in [0.2, 0.25) is 15.9 Å². The van der Waals surface area contributed by atoms with Crippen LogP contribution in [0.15, 0.2) is 102 Å². The molecule has 366 valence electrons. The van der Waals surface area contributed by atoms with E-state index in [1.165, 1.54) is 67.4 Å². The van der Waals surface area contributed by atoms with Crippen molar-refractivity contribution in [1.29, 1.82) is 0 Å². The largest absolute Gasteiger partial charge is 0.497 e. The van der Waals surface area contributed by atoms with Crippen LogP contribution in [-0.2, 0) is 47.3 Å². The number of halogens is 8. The summed E-state index contributed by atoms with van der Waals surface area (Å²) in [5.41, 5.74) is -1.96. The summed E-state index contributed by atoms with van der Waals surface area (Å²) < 4.78 is 141. The van der Waals surface area contributed by atoms with E-state index in [0.717, 1.165) is 27.3 Å². The lowest BCUT2D eigenvalue weighted by molar-refractivity contribution is -0.123. The molecule has 1 amide bonds. The quantitative estimate of drug-likeness (QED) is 0.106. The average Bonchev–Trinajstić information content (AvgIpc) is 3.84. The van der Waals surface area contributed by atoms with Gasteiger partial charge in [0.05, 0.1) is 58.5 Å². The maximum absolute atomic E-state index is 15.7. The van der Waals surface area contributed by atoms with E-state index in [0.29, 0.717) is 22.1 Å². The molecule has 0 bridgehead atoms. The molecular formula is C49H38ClF7N8O5S. The van der Waals surface area contributed by atoms with Crippen LogP contribution in [-0.4, -0.2) is 56.8 Å². The Hall–Kier alpha value is -7.26. The van der Waals surface area contributed by atoms with Crippen molar-refractivity contribution in [2.45, 2.75) is 50.2 Å². The van der Waals surface area contributed by atoms with Crippen molar-refractivity contribution < 1.29 is 48.7 Å². The third-order valence-electron chi connectivity index (χ3n) is 12.8. The molecule has 13 nitrogen and oxygen atoms in total. The van der Waals surface area contributed by atoms with E-state index in [4.69, 9.17) is 21.3 Å². The first kappa shape index (κ1) is 47.4. The number of amides is 1. The van der Waals surface area contributed by atoms with Gasteiger partial charge in [0.1, 0.15) is 47.0 Å². The Morgan fingerprint density at radius 1 is 0.958 bits per heavy atom. The maximum atomic E-state index is 15.7. The zero-order valence-electron chi connectivity index (χ0n) is 37.5. The highest BCUT2D eigenvalue weighted by atomic mass is 35.5. The standard InChI is InChI=1S/C49H38ClF7N8O5S/c1-62-43-38(15-14-34(50)41(43)47(61-62)64(71(3,68)69)22-24-8-11-29(70-2)12-9-24)65-46(59-36-19-26(10-13-31(36)48(65)67)30-6-4-5-7-35(30)53)37(18-25-16-27(51)20-28(52)17-25)58-39(66)23-63-44-40(42(60-63)45(54)55)32-21-33(32)49(44,56)57/h4-17,19-20,32-33,37,45H,18,21-23H2,1-3H3,(H,58,66)/t32-,33+,37?/m0/s1. The predicted octanol–water partition coefficient (Wildman–Crippen LogP) is 9.43. The molecule has 3 aromatic heterocycles. The predicted molar refractivity (Wildman–Crippen MR) is 249 cm³/mol. The summed E-state index contributed by atoms with van der Waals surface area (Å²) in [6.45, 7) is -1.26. The number of aryl methyl sites for hydroxylation is 1. The number of fused-ring (bicyclic) bond motifs is 5. The van der Waals surface area contributed by atoms with Gasteiger partial charge < -0.3 is 10.1 Å². The number of sulfonamides is 1. The number of alkyl halides is 4. The molecule has 1 fully saturated rings. The van der Waals surface area contributed by atoms with Gasteiger partial charge in [-0.25, -0.2) is 39.7 Å². The molecule has 5 aromatic carbocycles. The second kappa shape index (κ2) is 17.5. The van der Waals surface area contributed by atoms with Crippen molar-refractivity contribution in [2.75, 3.05) is 17.7 Å². The second-order valence-electron chi connectivity index (χ2n) is 17.5. The number of methoxy groups -OCH3 is 1. The number of carbonyl (C=O) groups is 1. The molecule has 2 aliphatic carbocycles. The SMILES string of the molecule is COc1ccc(CN(c2nn(C)c3c(-n4c(C(Cc5cc(F)cc(F)c5)NC(=O)Cn5nc(C(F)F)c6c5C(F)(F)[C@@H]5C[C@H]65)nc5cc(-c6ccccc6F)ccc5c4=O)ccc(Cl)c23)S(C)(=O)=O)cc1. The van der Waals surface area contributed by atoms with Gasteiger partial charge in [0.15, 0.2) is 5.82 Å². The van der Waals surface area contributed by atoms with E-state index in [1.807, 2.05) is 0 Å². The summed E-state index contributed by atoms with van der Waals surface area (Å²) in [6.07, 6.45) is -2.82. The Morgan fingerprint density at radius 3 is 2.35 bits per heavy atom. The van der Waals surface area contributed by atoms with Gasteiger partial charge in [-0.05, 0) is 83.6 Å². The zero-order chi connectivity index (χ0) is 50.4. The van der Waals surface area contributed by atoms with Crippen LogP contribution >= 0.6 is 11.6 Å². The van der Waals surface area contributed by atoms with Crippen molar-refractivity contribution >= 4 is 55.2 Å². The first-order valence-electron chi connectivity index (χ1n) is 21.8. The topological polar surface area (TPSA) is 146 Å². The fourth-order valence-corrected chi connectivity index (χ4v) is 10.7. The molecule has 0 aliphatic heterocycles. The van der Waals surface area contributed by atoms with Crippen LogP contribution < -0.4 is 19.9 Å². The van der Waals surface area contributed by atoms with Gasteiger partial charge in [-0.2, -0.15) is 19.0 Å². The number of anilines is 1. The van der Waals surface area contributed by atoms with Crippen LogP contribution in [0.2, 0.25) is 5.02 Å². The molecule has 22 heteroatoms. The van der Waals surface area contributed by atoms with Gasteiger partial charge in [0, 0.05) is 36.6 Å². The molecule has 71 heavy (non-hydrogen) atoms. The minimum atomic E-state index is -4.13. The highest BCUT2D eigenvalue weighted by molar-refractivity contribution is 7.92. The Kier molecular flexibility index (Phi) is 11.7. The van der Waals surface area contributed by atoms with E-state index in [1.54, 1.807) is 30.3 Å². The minimum absolute atomic E-state index is 0.00226. The fourth-order valence-electron chi connectivity index (χ4n) is 9.60. The monoisotopic (exact) mass is 1020 g/mol. The van der Waals surface area contributed by atoms with Gasteiger partial charge in [0.25, 0.3) is 17.9 Å². The summed E-state index contributed by atoms with van der Waals surface area (Å²) in [6, 6.07) is 20.4. The van der Waals surface area contributed by atoms with E-state index >= 15 is 18.0 Å². The lowest BCUT2D eigenvalue weighted by Crippen LogP contribution is -2.38. The summed E-state index contributed by atoms with van der Waals surface area (Å²) in [7, 11) is -1.19. The molecule has 3 heterocycles. The minimum Gasteiger partial charge on any atom is -0.497 e. The van der Waals surface area contributed by atoms with Gasteiger partial charge >= 0.3 is 0 Å². The summed E-state index contributed by atoms with van der Waals surface area (Å²) in [5, 5.41) is 11.0. The van der Waals surface area contributed by atoms with Gasteiger partial charge in [-0.1, -0.05) is 48.0 Å². The van der Waals surface area contributed by atoms with Crippen molar-refractivity contribution in [1.82, 2.24) is 34.4 Å². The fraction of sp³-hybridized carbons (Fsp3) is 0.245. The third kappa shape index (κ3) is 8.43. The van der Waals surface area contributed by atoms with Crippen molar-refractivity contribution in [3.8, 4) is 22.6 Å². The number of aromatic nitrogens is 6.